The van der Waals surface area contributed by atoms with Crippen LogP contribution in [-0.2, 0) is 4.79 Å². The number of hydrogen-bond acceptors (Lipinski definition) is 3. The first-order valence-corrected chi connectivity index (χ1v) is 7.38. The van der Waals surface area contributed by atoms with Crippen molar-refractivity contribution in [1.82, 2.24) is 10.2 Å². The van der Waals surface area contributed by atoms with Crippen LogP contribution in [0.3, 0.4) is 0 Å². The summed E-state index contributed by atoms with van der Waals surface area (Å²) in [4.78, 5) is 13.7. The number of halogens is 2. The summed E-state index contributed by atoms with van der Waals surface area (Å²) in [7, 11) is 1.82. The van der Waals surface area contributed by atoms with Crippen LogP contribution in [0.4, 0.5) is 0 Å². The molecule has 4 nitrogen and oxygen atoms in total. The highest BCUT2D eigenvalue weighted by Gasteiger charge is 2.19. The van der Waals surface area contributed by atoms with Gasteiger partial charge in [0.05, 0.1) is 6.54 Å². The number of rotatable bonds is 6. The Balaban J connectivity index is 0.00000220. The lowest BCUT2D eigenvalue weighted by molar-refractivity contribution is -0.130. The summed E-state index contributed by atoms with van der Waals surface area (Å²) >= 11 is 5.88. The molecule has 1 N–H and O–H groups in total. The largest absolute Gasteiger partial charge is 0.492 e. The van der Waals surface area contributed by atoms with Gasteiger partial charge in [0.1, 0.15) is 12.4 Å². The van der Waals surface area contributed by atoms with E-state index in [0.29, 0.717) is 30.6 Å². The highest BCUT2D eigenvalue weighted by molar-refractivity contribution is 6.30. The van der Waals surface area contributed by atoms with Crippen molar-refractivity contribution in [3.63, 3.8) is 0 Å². The predicted molar refractivity (Wildman–Crippen MR) is 87.5 cm³/mol. The lowest BCUT2D eigenvalue weighted by Crippen LogP contribution is -2.35. The van der Waals surface area contributed by atoms with Crippen molar-refractivity contribution < 1.29 is 9.53 Å². The molecule has 1 aromatic carbocycles. The van der Waals surface area contributed by atoms with Crippen LogP contribution >= 0.6 is 24.0 Å². The molecule has 0 radical (unpaired) electrons. The maximum atomic E-state index is 12.0. The Morgan fingerprint density at radius 1 is 1.52 bits per heavy atom. The standard InChI is InChI=1S/C15H21ClN2O2.ClH/c1-18(15(19)11-13-5-3-7-17-13)8-9-20-14-6-2-4-12(16)10-14;/h2,4,6,10,13,17H,3,5,7-9,11H2,1H3;1H. The summed E-state index contributed by atoms with van der Waals surface area (Å²) in [6.07, 6.45) is 2.84. The minimum Gasteiger partial charge on any atom is -0.492 e. The average Bonchev–Trinajstić information content (AvgIpc) is 2.91. The van der Waals surface area contributed by atoms with Gasteiger partial charge in [0.2, 0.25) is 5.91 Å². The van der Waals surface area contributed by atoms with Crippen molar-refractivity contribution >= 4 is 29.9 Å². The van der Waals surface area contributed by atoms with Gasteiger partial charge in [-0.05, 0) is 37.6 Å². The third kappa shape index (κ3) is 6.12. The predicted octanol–water partition coefficient (Wildman–Crippen LogP) is 2.74. The molecule has 2 rings (SSSR count). The summed E-state index contributed by atoms with van der Waals surface area (Å²) in [5.41, 5.74) is 0. The molecule has 118 valence electrons. The lowest BCUT2D eigenvalue weighted by Gasteiger charge is -2.19. The Hall–Kier alpha value is -0.970. The van der Waals surface area contributed by atoms with E-state index in [0.717, 1.165) is 18.7 Å². The zero-order chi connectivity index (χ0) is 14.4. The van der Waals surface area contributed by atoms with Crippen molar-refractivity contribution in [2.45, 2.75) is 25.3 Å². The molecule has 1 unspecified atom stereocenters. The molecular formula is C15H22Cl2N2O2. The van der Waals surface area contributed by atoms with Crippen LogP contribution in [-0.4, -0.2) is 43.6 Å². The summed E-state index contributed by atoms with van der Waals surface area (Å²) in [6.45, 7) is 2.08. The maximum Gasteiger partial charge on any atom is 0.223 e. The van der Waals surface area contributed by atoms with Gasteiger partial charge in [-0.2, -0.15) is 0 Å². The van der Waals surface area contributed by atoms with E-state index < -0.39 is 0 Å². The van der Waals surface area contributed by atoms with Gasteiger partial charge in [0.25, 0.3) is 0 Å². The molecule has 1 aliphatic heterocycles. The van der Waals surface area contributed by atoms with E-state index in [9.17, 15) is 4.79 Å². The molecular weight excluding hydrogens is 311 g/mol. The second-order valence-corrected chi connectivity index (χ2v) is 5.55. The van der Waals surface area contributed by atoms with Gasteiger partial charge < -0.3 is 15.0 Å². The molecule has 1 amide bonds. The van der Waals surface area contributed by atoms with Crippen LogP contribution in [0.2, 0.25) is 5.02 Å². The van der Waals surface area contributed by atoms with Gasteiger partial charge in [-0.1, -0.05) is 17.7 Å². The zero-order valence-electron chi connectivity index (χ0n) is 12.2. The normalized spacial score (nSPS) is 17.1. The van der Waals surface area contributed by atoms with E-state index in [1.807, 2.05) is 19.2 Å². The van der Waals surface area contributed by atoms with E-state index in [-0.39, 0.29) is 18.3 Å². The van der Waals surface area contributed by atoms with Crippen molar-refractivity contribution in [3.8, 4) is 5.75 Å². The van der Waals surface area contributed by atoms with Gasteiger partial charge in [-0.15, -0.1) is 12.4 Å². The molecule has 0 saturated carbocycles. The van der Waals surface area contributed by atoms with Crippen LogP contribution in [0.5, 0.6) is 5.75 Å². The molecule has 1 atom stereocenters. The van der Waals surface area contributed by atoms with Crippen molar-refractivity contribution in [3.05, 3.63) is 29.3 Å². The number of hydrogen-bond donors (Lipinski definition) is 1. The Labute approximate surface area is 137 Å². The number of likely N-dealkylation sites (N-methyl/N-ethyl adjacent to an activating group) is 1. The molecule has 21 heavy (non-hydrogen) atoms. The third-order valence-corrected chi connectivity index (χ3v) is 3.74. The molecule has 6 heteroatoms. The molecule has 1 saturated heterocycles. The number of benzene rings is 1. The van der Waals surface area contributed by atoms with Gasteiger partial charge in [-0.25, -0.2) is 0 Å². The van der Waals surface area contributed by atoms with E-state index in [1.165, 1.54) is 6.42 Å². The van der Waals surface area contributed by atoms with Crippen molar-refractivity contribution in [2.75, 3.05) is 26.7 Å². The fourth-order valence-electron chi connectivity index (χ4n) is 2.28. The quantitative estimate of drug-likeness (QED) is 0.870. The maximum absolute atomic E-state index is 12.0. The first-order valence-electron chi connectivity index (χ1n) is 7.01. The fourth-order valence-corrected chi connectivity index (χ4v) is 2.46. The first kappa shape index (κ1) is 18.1. The van der Waals surface area contributed by atoms with Crippen LogP contribution < -0.4 is 10.1 Å². The van der Waals surface area contributed by atoms with Gasteiger partial charge in [-0.3, -0.25) is 4.79 Å². The Morgan fingerprint density at radius 3 is 3.00 bits per heavy atom. The van der Waals surface area contributed by atoms with Crippen LogP contribution in [0.1, 0.15) is 19.3 Å². The summed E-state index contributed by atoms with van der Waals surface area (Å²) in [6, 6.07) is 7.62. The molecule has 0 spiro atoms. The number of ether oxygens (including phenoxy) is 1. The highest BCUT2D eigenvalue weighted by Crippen LogP contribution is 2.17. The van der Waals surface area contributed by atoms with Gasteiger partial charge >= 0.3 is 0 Å². The number of carbonyl (C=O) groups excluding carboxylic acids is 1. The summed E-state index contributed by atoms with van der Waals surface area (Å²) < 4.78 is 5.58. The number of amides is 1. The average molecular weight is 333 g/mol. The second-order valence-electron chi connectivity index (χ2n) is 5.12. The molecule has 1 heterocycles. The Kier molecular flexibility index (Phi) is 7.86. The molecule has 1 fully saturated rings. The highest BCUT2D eigenvalue weighted by atomic mass is 35.5. The van der Waals surface area contributed by atoms with Crippen LogP contribution in [0.25, 0.3) is 0 Å². The van der Waals surface area contributed by atoms with Crippen LogP contribution in [0.15, 0.2) is 24.3 Å². The van der Waals surface area contributed by atoms with Crippen molar-refractivity contribution in [1.29, 1.82) is 0 Å². The molecule has 1 aliphatic rings. The number of nitrogens with one attached hydrogen (secondary N) is 1. The van der Waals surface area contributed by atoms with E-state index in [4.69, 9.17) is 16.3 Å². The molecule has 1 aromatic rings. The molecule has 0 bridgehead atoms. The Morgan fingerprint density at radius 2 is 2.33 bits per heavy atom. The number of nitrogens with zero attached hydrogens (tertiary/aromatic N) is 1. The monoisotopic (exact) mass is 332 g/mol. The minimum atomic E-state index is 0. The SMILES string of the molecule is CN(CCOc1cccc(Cl)c1)C(=O)CC1CCCN1.Cl. The third-order valence-electron chi connectivity index (χ3n) is 3.50. The number of carbonyl (C=O) groups is 1. The van der Waals surface area contributed by atoms with Gasteiger partial charge in [0, 0.05) is 24.5 Å². The van der Waals surface area contributed by atoms with E-state index in [2.05, 4.69) is 5.32 Å². The van der Waals surface area contributed by atoms with E-state index in [1.54, 1.807) is 17.0 Å². The Bertz CT molecular complexity index is 451. The topological polar surface area (TPSA) is 41.6 Å². The molecule has 0 aliphatic carbocycles. The fraction of sp³-hybridized carbons (Fsp3) is 0.533. The van der Waals surface area contributed by atoms with E-state index >= 15 is 0 Å². The van der Waals surface area contributed by atoms with Crippen LogP contribution in [0, 0.1) is 0 Å². The lowest BCUT2D eigenvalue weighted by atomic mass is 10.1. The van der Waals surface area contributed by atoms with Gasteiger partial charge in [0.15, 0.2) is 0 Å². The molecule has 0 aromatic heterocycles. The summed E-state index contributed by atoms with van der Waals surface area (Å²) in [5, 5.41) is 3.99. The summed E-state index contributed by atoms with van der Waals surface area (Å²) in [5.74, 6) is 0.898. The van der Waals surface area contributed by atoms with Crippen molar-refractivity contribution in [2.24, 2.45) is 0 Å². The smallest absolute Gasteiger partial charge is 0.223 e. The second kappa shape index (κ2) is 9.13. The zero-order valence-corrected chi connectivity index (χ0v) is 13.8. The minimum absolute atomic E-state index is 0. The first-order chi connectivity index (χ1) is 9.65.